The number of ether oxygens (including phenoxy) is 1. The molecule has 0 aromatic heterocycles. The van der Waals surface area contributed by atoms with Crippen molar-refractivity contribution < 1.29 is 24.2 Å². The summed E-state index contributed by atoms with van der Waals surface area (Å²) in [5.74, 6) is -1.64. The van der Waals surface area contributed by atoms with E-state index in [1.165, 1.54) is 12.0 Å². The molecular weight excluding hydrogens is 264 g/mol. The first-order chi connectivity index (χ1) is 9.47. The third-order valence-electron chi connectivity index (χ3n) is 3.50. The van der Waals surface area contributed by atoms with Gasteiger partial charge in [-0.1, -0.05) is 6.92 Å². The van der Waals surface area contributed by atoms with E-state index in [9.17, 15) is 14.4 Å². The van der Waals surface area contributed by atoms with Crippen LogP contribution in [-0.4, -0.2) is 54.2 Å². The molecule has 0 saturated carbocycles. The van der Waals surface area contributed by atoms with Gasteiger partial charge in [0.1, 0.15) is 6.04 Å². The minimum Gasteiger partial charge on any atom is -0.481 e. The molecule has 7 nitrogen and oxygen atoms in total. The van der Waals surface area contributed by atoms with Crippen molar-refractivity contribution in [2.24, 2.45) is 5.92 Å². The second-order valence-corrected chi connectivity index (χ2v) is 4.99. The molecule has 2 unspecified atom stereocenters. The van der Waals surface area contributed by atoms with Gasteiger partial charge in [-0.3, -0.25) is 4.79 Å². The summed E-state index contributed by atoms with van der Waals surface area (Å²) >= 11 is 0. The van der Waals surface area contributed by atoms with E-state index in [1.54, 1.807) is 6.92 Å². The fourth-order valence-electron chi connectivity index (χ4n) is 2.22. The van der Waals surface area contributed by atoms with Gasteiger partial charge in [0.05, 0.1) is 13.0 Å². The van der Waals surface area contributed by atoms with Gasteiger partial charge in [0, 0.05) is 13.1 Å². The number of amides is 2. The van der Waals surface area contributed by atoms with Crippen LogP contribution in [0.3, 0.4) is 0 Å². The standard InChI is InChI=1S/C13H22N2O5/c1-9(11(16)17)5-3-7-14-13(19)15-8-4-6-10(15)12(18)20-2/h9-10H,3-8H2,1-2H3,(H,14,19)(H,16,17). The first-order valence-corrected chi connectivity index (χ1v) is 6.82. The Hall–Kier alpha value is -1.79. The summed E-state index contributed by atoms with van der Waals surface area (Å²) in [4.78, 5) is 35.6. The third kappa shape index (κ3) is 4.40. The Bertz CT molecular complexity index is 372. The summed E-state index contributed by atoms with van der Waals surface area (Å²) in [7, 11) is 1.31. The molecule has 1 aliphatic heterocycles. The molecule has 20 heavy (non-hydrogen) atoms. The molecule has 0 aromatic rings. The number of esters is 1. The number of hydrogen-bond donors (Lipinski definition) is 2. The van der Waals surface area contributed by atoms with Crippen LogP contribution in [0, 0.1) is 5.92 Å². The summed E-state index contributed by atoms with van der Waals surface area (Å²) in [6, 6.07) is -0.793. The smallest absolute Gasteiger partial charge is 0.328 e. The highest BCUT2D eigenvalue weighted by Gasteiger charge is 2.34. The lowest BCUT2D eigenvalue weighted by atomic mass is 10.1. The molecule has 114 valence electrons. The Labute approximate surface area is 118 Å². The Morgan fingerprint density at radius 1 is 1.45 bits per heavy atom. The van der Waals surface area contributed by atoms with Crippen molar-refractivity contribution in [2.45, 2.75) is 38.6 Å². The van der Waals surface area contributed by atoms with Gasteiger partial charge in [0.25, 0.3) is 0 Å². The number of methoxy groups -OCH3 is 1. The summed E-state index contributed by atoms with van der Waals surface area (Å²) < 4.78 is 4.67. The zero-order valence-electron chi connectivity index (χ0n) is 11.9. The van der Waals surface area contributed by atoms with E-state index in [4.69, 9.17) is 5.11 Å². The number of rotatable bonds is 6. The van der Waals surface area contributed by atoms with Crippen LogP contribution in [0.5, 0.6) is 0 Å². The summed E-state index contributed by atoms with van der Waals surface area (Å²) in [5.41, 5.74) is 0. The van der Waals surface area contributed by atoms with E-state index < -0.39 is 23.9 Å². The molecule has 0 radical (unpaired) electrons. The molecule has 2 N–H and O–H groups in total. The van der Waals surface area contributed by atoms with Crippen molar-refractivity contribution in [3.05, 3.63) is 0 Å². The number of urea groups is 1. The number of carboxylic acid groups (broad SMARTS) is 1. The Morgan fingerprint density at radius 3 is 2.75 bits per heavy atom. The van der Waals surface area contributed by atoms with E-state index in [0.29, 0.717) is 32.4 Å². The third-order valence-corrected chi connectivity index (χ3v) is 3.50. The summed E-state index contributed by atoms with van der Waals surface area (Å²) in [6.45, 7) is 2.58. The van der Waals surface area contributed by atoms with Crippen LogP contribution in [0.1, 0.15) is 32.6 Å². The predicted octanol–water partition coefficient (Wildman–Crippen LogP) is 0.834. The summed E-state index contributed by atoms with van der Waals surface area (Å²) in [6.07, 6.45) is 2.51. The van der Waals surface area contributed by atoms with Crippen LogP contribution >= 0.6 is 0 Å². The number of nitrogens with zero attached hydrogens (tertiary/aromatic N) is 1. The van der Waals surface area contributed by atoms with Gasteiger partial charge in [-0.2, -0.15) is 0 Å². The van der Waals surface area contributed by atoms with Gasteiger partial charge in [-0.05, 0) is 25.7 Å². The highest BCUT2D eigenvalue weighted by atomic mass is 16.5. The Kier molecular flexibility index (Phi) is 6.27. The first kappa shape index (κ1) is 16.3. The van der Waals surface area contributed by atoms with Gasteiger partial charge in [0.2, 0.25) is 0 Å². The van der Waals surface area contributed by atoms with E-state index in [-0.39, 0.29) is 6.03 Å². The number of carboxylic acids is 1. The van der Waals surface area contributed by atoms with E-state index in [1.807, 2.05) is 0 Å². The maximum Gasteiger partial charge on any atom is 0.328 e. The lowest BCUT2D eigenvalue weighted by molar-refractivity contribution is -0.145. The minimum absolute atomic E-state index is 0.291. The second kappa shape index (κ2) is 7.72. The van der Waals surface area contributed by atoms with Crippen LogP contribution in [0.15, 0.2) is 0 Å². The lowest BCUT2D eigenvalue weighted by Crippen LogP contribution is -2.46. The molecule has 2 atom stereocenters. The number of likely N-dealkylation sites (tertiary alicyclic amines) is 1. The monoisotopic (exact) mass is 286 g/mol. The highest BCUT2D eigenvalue weighted by Crippen LogP contribution is 2.18. The molecule has 0 aromatic carbocycles. The van der Waals surface area contributed by atoms with Crippen molar-refractivity contribution in [2.75, 3.05) is 20.2 Å². The molecule has 1 heterocycles. The SMILES string of the molecule is COC(=O)C1CCCN1C(=O)NCCCC(C)C(=O)O. The molecule has 7 heteroatoms. The Morgan fingerprint density at radius 2 is 2.15 bits per heavy atom. The van der Waals surface area contributed by atoms with Crippen LogP contribution in [0.2, 0.25) is 0 Å². The van der Waals surface area contributed by atoms with Crippen molar-refractivity contribution in [3.8, 4) is 0 Å². The topological polar surface area (TPSA) is 95.9 Å². The maximum absolute atomic E-state index is 11.9. The minimum atomic E-state index is -0.832. The van der Waals surface area contributed by atoms with Gasteiger partial charge in [0.15, 0.2) is 0 Å². The van der Waals surface area contributed by atoms with Gasteiger partial charge in [-0.15, -0.1) is 0 Å². The molecule has 1 aliphatic rings. The van der Waals surface area contributed by atoms with Gasteiger partial charge < -0.3 is 20.1 Å². The average Bonchev–Trinajstić information content (AvgIpc) is 2.91. The zero-order chi connectivity index (χ0) is 15.1. The highest BCUT2D eigenvalue weighted by molar-refractivity contribution is 5.84. The fraction of sp³-hybridized carbons (Fsp3) is 0.769. The van der Waals surface area contributed by atoms with Crippen LogP contribution in [0.25, 0.3) is 0 Å². The van der Waals surface area contributed by atoms with Crippen molar-refractivity contribution in [3.63, 3.8) is 0 Å². The molecule has 0 aliphatic carbocycles. The largest absolute Gasteiger partial charge is 0.481 e. The second-order valence-electron chi connectivity index (χ2n) is 4.99. The average molecular weight is 286 g/mol. The number of hydrogen-bond acceptors (Lipinski definition) is 4. The Balaban J connectivity index is 2.32. The summed E-state index contributed by atoms with van der Waals surface area (Å²) in [5, 5.41) is 11.5. The van der Waals surface area contributed by atoms with Gasteiger partial charge in [-0.25, -0.2) is 9.59 Å². The molecule has 1 rings (SSSR count). The van der Waals surface area contributed by atoms with E-state index in [0.717, 1.165) is 6.42 Å². The number of nitrogens with one attached hydrogen (secondary N) is 1. The van der Waals surface area contributed by atoms with Crippen LogP contribution < -0.4 is 5.32 Å². The first-order valence-electron chi connectivity index (χ1n) is 6.82. The predicted molar refractivity (Wildman–Crippen MR) is 71.2 cm³/mol. The van der Waals surface area contributed by atoms with E-state index in [2.05, 4.69) is 10.1 Å². The quantitative estimate of drug-likeness (QED) is 0.557. The van der Waals surface area contributed by atoms with E-state index >= 15 is 0 Å². The molecule has 0 bridgehead atoms. The molecular formula is C13H22N2O5. The maximum atomic E-state index is 11.9. The van der Waals surface area contributed by atoms with Gasteiger partial charge >= 0.3 is 18.0 Å². The van der Waals surface area contributed by atoms with Crippen molar-refractivity contribution in [1.82, 2.24) is 10.2 Å². The fourth-order valence-corrected chi connectivity index (χ4v) is 2.22. The molecule has 1 saturated heterocycles. The molecule has 0 spiro atoms. The number of aliphatic carboxylic acids is 1. The normalized spacial score (nSPS) is 19.5. The van der Waals surface area contributed by atoms with Crippen molar-refractivity contribution in [1.29, 1.82) is 0 Å². The van der Waals surface area contributed by atoms with Crippen LogP contribution in [-0.2, 0) is 14.3 Å². The number of carbonyl (C=O) groups excluding carboxylic acids is 2. The lowest BCUT2D eigenvalue weighted by Gasteiger charge is -2.23. The van der Waals surface area contributed by atoms with Crippen molar-refractivity contribution >= 4 is 18.0 Å². The van der Waals surface area contributed by atoms with Crippen LogP contribution in [0.4, 0.5) is 4.79 Å². The zero-order valence-corrected chi connectivity index (χ0v) is 11.9. The number of carbonyl (C=O) groups is 3. The molecule has 2 amide bonds. The molecule has 1 fully saturated rings.